The molecule has 1 fully saturated rings. The van der Waals surface area contributed by atoms with Gasteiger partial charge in [0.2, 0.25) is 0 Å². The Morgan fingerprint density at radius 2 is 2.33 bits per heavy atom. The molecule has 0 saturated carbocycles. The molecule has 1 heterocycles. The summed E-state index contributed by atoms with van der Waals surface area (Å²) < 4.78 is 18.7. The number of hydrogen-bond acceptors (Lipinski definition) is 3. The Balaban J connectivity index is 2.16. The van der Waals surface area contributed by atoms with Crippen LogP contribution in [0.3, 0.4) is 0 Å². The van der Waals surface area contributed by atoms with Crippen LogP contribution in [0, 0.1) is 5.82 Å². The van der Waals surface area contributed by atoms with Gasteiger partial charge in [0.15, 0.2) is 0 Å². The molecule has 1 aliphatic heterocycles. The standard InChI is InChI=1S/C14H21FN2O/c1-3-16-9-11-8-12(15)4-5-14(11)17-7-6-13(10-17)18-2/h4-5,8,13,16H,3,6-7,9-10H2,1-2H3. The van der Waals surface area contributed by atoms with Crippen molar-refractivity contribution in [3.63, 3.8) is 0 Å². The zero-order chi connectivity index (χ0) is 13.0. The molecule has 1 unspecified atom stereocenters. The summed E-state index contributed by atoms with van der Waals surface area (Å²) in [7, 11) is 1.75. The molecule has 0 aromatic heterocycles. The third kappa shape index (κ3) is 3.00. The third-order valence-electron chi connectivity index (χ3n) is 3.43. The fraction of sp³-hybridized carbons (Fsp3) is 0.571. The van der Waals surface area contributed by atoms with Crippen molar-refractivity contribution < 1.29 is 9.13 Å². The van der Waals surface area contributed by atoms with Gasteiger partial charge in [-0.05, 0) is 36.7 Å². The van der Waals surface area contributed by atoms with E-state index in [4.69, 9.17) is 4.74 Å². The number of hydrogen-bond donors (Lipinski definition) is 1. The summed E-state index contributed by atoms with van der Waals surface area (Å²) in [6.45, 7) is 5.51. The van der Waals surface area contributed by atoms with Crippen LogP contribution in [0.2, 0.25) is 0 Å². The molecule has 0 bridgehead atoms. The van der Waals surface area contributed by atoms with Crippen molar-refractivity contribution in [2.75, 3.05) is 31.6 Å². The SMILES string of the molecule is CCNCc1cc(F)ccc1N1CCC(OC)C1. The average Bonchev–Trinajstić information content (AvgIpc) is 2.85. The summed E-state index contributed by atoms with van der Waals surface area (Å²) in [5.41, 5.74) is 2.14. The Bertz CT molecular complexity index is 397. The van der Waals surface area contributed by atoms with E-state index in [1.165, 1.54) is 6.07 Å². The van der Waals surface area contributed by atoms with Crippen LogP contribution < -0.4 is 10.2 Å². The number of rotatable bonds is 5. The lowest BCUT2D eigenvalue weighted by molar-refractivity contribution is 0.121. The summed E-state index contributed by atoms with van der Waals surface area (Å²) in [5, 5.41) is 3.26. The molecule has 4 heteroatoms. The van der Waals surface area contributed by atoms with Crippen LogP contribution in [0.15, 0.2) is 18.2 Å². The first-order valence-corrected chi connectivity index (χ1v) is 6.51. The molecule has 1 N–H and O–H groups in total. The Kier molecular flexibility index (Phi) is 4.55. The van der Waals surface area contributed by atoms with Crippen LogP contribution >= 0.6 is 0 Å². The summed E-state index contributed by atoms with van der Waals surface area (Å²) >= 11 is 0. The highest BCUT2D eigenvalue weighted by molar-refractivity contribution is 5.54. The first-order valence-electron chi connectivity index (χ1n) is 6.51. The van der Waals surface area contributed by atoms with Crippen LogP contribution in [-0.2, 0) is 11.3 Å². The third-order valence-corrected chi connectivity index (χ3v) is 3.43. The van der Waals surface area contributed by atoms with Gasteiger partial charge in [0.25, 0.3) is 0 Å². The average molecular weight is 252 g/mol. The van der Waals surface area contributed by atoms with Crippen molar-refractivity contribution in [2.45, 2.75) is 26.0 Å². The molecule has 18 heavy (non-hydrogen) atoms. The molecule has 1 aromatic rings. The second-order valence-electron chi connectivity index (χ2n) is 4.65. The van der Waals surface area contributed by atoms with E-state index < -0.39 is 0 Å². The predicted molar refractivity (Wildman–Crippen MR) is 71.4 cm³/mol. The number of ether oxygens (including phenoxy) is 1. The minimum atomic E-state index is -0.172. The van der Waals surface area contributed by atoms with E-state index in [1.54, 1.807) is 13.2 Å². The largest absolute Gasteiger partial charge is 0.380 e. The highest BCUT2D eigenvalue weighted by Crippen LogP contribution is 2.26. The number of benzene rings is 1. The molecule has 1 aliphatic rings. The van der Waals surface area contributed by atoms with Gasteiger partial charge in [-0.15, -0.1) is 0 Å². The van der Waals surface area contributed by atoms with Crippen molar-refractivity contribution in [2.24, 2.45) is 0 Å². The van der Waals surface area contributed by atoms with Gasteiger partial charge in [-0.25, -0.2) is 4.39 Å². The number of methoxy groups -OCH3 is 1. The number of anilines is 1. The van der Waals surface area contributed by atoms with E-state index in [-0.39, 0.29) is 5.82 Å². The predicted octanol–water partition coefficient (Wildman–Crippen LogP) is 2.16. The van der Waals surface area contributed by atoms with E-state index in [9.17, 15) is 4.39 Å². The molecule has 1 atom stereocenters. The number of halogens is 1. The number of nitrogens with one attached hydrogen (secondary N) is 1. The summed E-state index contributed by atoms with van der Waals surface area (Å²) in [5.74, 6) is -0.172. The van der Waals surface area contributed by atoms with Gasteiger partial charge in [-0.1, -0.05) is 6.92 Å². The minimum Gasteiger partial charge on any atom is -0.380 e. The highest BCUT2D eigenvalue weighted by atomic mass is 19.1. The molecule has 3 nitrogen and oxygen atoms in total. The van der Waals surface area contributed by atoms with Gasteiger partial charge in [0.1, 0.15) is 5.82 Å². The van der Waals surface area contributed by atoms with Crippen molar-refractivity contribution >= 4 is 5.69 Å². The van der Waals surface area contributed by atoms with E-state index in [1.807, 2.05) is 6.07 Å². The molecule has 0 aliphatic carbocycles. The lowest BCUT2D eigenvalue weighted by Crippen LogP contribution is -2.24. The molecule has 2 rings (SSSR count). The zero-order valence-electron chi connectivity index (χ0n) is 11.1. The van der Waals surface area contributed by atoms with Gasteiger partial charge in [-0.3, -0.25) is 0 Å². The van der Waals surface area contributed by atoms with Crippen molar-refractivity contribution in [3.05, 3.63) is 29.6 Å². The van der Waals surface area contributed by atoms with Crippen LogP contribution in [0.4, 0.5) is 10.1 Å². The Morgan fingerprint density at radius 1 is 1.50 bits per heavy atom. The summed E-state index contributed by atoms with van der Waals surface area (Å²) in [6, 6.07) is 5.03. The maximum absolute atomic E-state index is 13.3. The van der Waals surface area contributed by atoms with Crippen molar-refractivity contribution in [1.82, 2.24) is 5.32 Å². The highest BCUT2D eigenvalue weighted by Gasteiger charge is 2.23. The first kappa shape index (κ1) is 13.3. The fourth-order valence-corrected chi connectivity index (χ4v) is 2.40. The lowest BCUT2D eigenvalue weighted by atomic mass is 10.1. The second kappa shape index (κ2) is 6.16. The van der Waals surface area contributed by atoms with E-state index >= 15 is 0 Å². The summed E-state index contributed by atoms with van der Waals surface area (Å²) in [6.07, 6.45) is 1.33. The van der Waals surface area contributed by atoms with E-state index in [0.29, 0.717) is 12.6 Å². The monoisotopic (exact) mass is 252 g/mol. The van der Waals surface area contributed by atoms with Crippen molar-refractivity contribution in [3.8, 4) is 0 Å². The van der Waals surface area contributed by atoms with Crippen LogP contribution in [0.25, 0.3) is 0 Å². The molecule has 0 amide bonds. The van der Waals surface area contributed by atoms with Crippen molar-refractivity contribution in [1.29, 1.82) is 0 Å². The first-order chi connectivity index (χ1) is 8.74. The smallest absolute Gasteiger partial charge is 0.123 e. The van der Waals surface area contributed by atoms with Gasteiger partial charge >= 0.3 is 0 Å². The number of nitrogens with zero attached hydrogens (tertiary/aromatic N) is 1. The van der Waals surface area contributed by atoms with Crippen LogP contribution in [0.1, 0.15) is 18.9 Å². The second-order valence-corrected chi connectivity index (χ2v) is 4.65. The Labute approximate surface area is 108 Å². The minimum absolute atomic E-state index is 0.172. The molecule has 0 spiro atoms. The molecule has 0 radical (unpaired) electrons. The molecule has 1 saturated heterocycles. The van der Waals surface area contributed by atoms with E-state index in [2.05, 4.69) is 17.1 Å². The Morgan fingerprint density at radius 3 is 3.00 bits per heavy atom. The quantitative estimate of drug-likeness (QED) is 0.869. The fourth-order valence-electron chi connectivity index (χ4n) is 2.40. The van der Waals surface area contributed by atoms with Gasteiger partial charge in [-0.2, -0.15) is 0 Å². The maximum Gasteiger partial charge on any atom is 0.123 e. The van der Waals surface area contributed by atoms with E-state index in [0.717, 1.165) is 37.3 Å². The van der Waals surface area contributed by atoms with Crippen LogP contribution in [0.5, 0.6) is 0 Å². The Hall–Kier alpha value is -1.13. The molecular weight excluding hydrogens is 231 g/mol. The molecular formula is C14H21FN2O. The lowest BCUT2D eigenvalue weighted by Gasteiger charge is -2.22. The molecule has 100 valence electrons. The van der Waals surface area contributed by atoms with Gasteiger partial charge in [0, 0.05) is 32.4 Å². The maximum atomic E-state index is 13.3. The summed E-state index contributed by atoms with van der Waals surface area (Å²) in [4.78, 5) is 2.28. The topological polar surface area (TPSA) is 24.5 Å². The van der Waals surface area contributed by atoms with Gasteiger partial charge < -0.3 is 15.0 Å². The zero-order valence-corrected chi connectivity index (χ0v) is 11.1. The normalized spacial score (nSPS) is 19.5. The molecule has 1 aromatic carbocycles. The van der Waals surface area contributed by atoms with Crippen LogP contribution in [-0.4, -0.2) is 32.8 Å². The van der Waals surface area contributed by atoms with Gasteiger partial charge in [0.05, 0.1) is 6.10 Å².